The molecule has 7 N–H and O–H groups in total. The number of aliphatic carboxylic acids is 1. The second kappa shape index (κ2) is 27.5. The maximum Gasteiger partial charge on any atom is 0.407 e. The van der Waals surface area contributed by atoms with Crippen LogP contribution in [-0.4, -0.2) is 115 Å². The van der Waals surface area contributed by atoms with Crippen LogP contribution in [-0.2, 0) is 35.0 Å². The number of benzene rings is 1. The predicted molar refractivity (Wildman–Crippen MR) is 231 cm³/mol. The van der Waals surface area contributed by atoms with Gasteiger partial charge in [-0.1, -0.05) is 66.4 Å². The fourth-order valence-electron chi connectivity index (χ4n) is 6.73. The number of halogens is 1. The second-order valence-corrected chi connectivity index (χ2v) is 17.1. The number of ether oxygens (including phenoxy) is 3. The molecular formula is C43H69FN6O10S. The number of alkyl carbamates (subject to hydrolysis) is 1. The quantitative estimate of drug-likeness (QED) is 0.0314. The smallest absolute Gasteiger partial charge is 0.407 e. The molecule has 0 aliphatic heterocycles. The molecule has 0 radical (unpaired) electrons. The molecule has 0 saturated heterocycles. The number of carboxylic acids is 1. The van der Waals surface area contributed by atoms with Crippen LogP contribution in [0.5, 0.6) is 0 Å². The van der Waals surface area contributed by atoms with E-state index in [1.807, 2.05) is 27.7 Å². The maximum atomic E-state index is 14.4. The highest BCUT2D eigenvalue weighted by atomic mass is 32.1. The van der Waals surface area contributed by atoms with E-state index >= 15 is 0 Å². The molecule has 0 fully saturated rings. The van der Waals surface area contributed by atoms with Gasteiger partial charge in [0.05, 0.1) is 44.1 Å². The topological polar surface area (TPSA) is 232 Å². The lowest BCUT2D eigenvalue weighted by Crippen LogP contribution is -2.54. The summed E-state index contributed by atoms with van der Waals surface area (Å²) in [7, 11) is 0. The minimum absolute atomic E-state index is 0.00643. The van der Waals surface area contributed by atoms with E-state index in [0.29, 0.717) is 24.9 Å². The molecule has 1 heterocycles. The molecular weight excluding hydrogens is 812 g/mol. The molecule has 344 valence electrons. The minimum Gasteiger partial charge on any atom is -0.481 e. The molecule has 0 aliphatic carbocycles. The third-order valence-electron chi connectivity index (χ3n) is 10.5. The van der Waals surface area contributed by atoms with Crippen molar-refractivity contribution in [2.75, 3.05) is 51.9 Å². The standard InChI is InChI=1S/C43H69FN6O10S/c1-8-10-11-12-16-50(40(54)37(47-27-52)29(5)9-2)35(28(3)4)24-36(60-42(57)46-15-18-58-20-21-59-19-17-51)39-49-34(26-61-39)38(53)48-31(25-43(6,7)41(55)56)22-30-13-14-33(45)32(44)23-30/h13-14,23,26-29,31,35-37,51H,8-12,15-22,24-25,45H2,1-7H3,(H,46,57)(H,47,52)(H,48,53)(H,55,56)/t29-,31-,35+,36+,37-/m0/s1. The number of unbranched alkanes of at least 4 members (excludes halogenated alkanes) is 3. The van der Waals surface area contributed by atoms with Crippen molar-refractivity contribution in [3.05, 3.63) is 45.7 Å². The highest BCUT2D eigenvalue weighted by molar-refractivity contribution is 7.09. The Morgan fingerprint density at radius 1 is 1.05 bits per heavy atom. The number of rotatable bonds is 31. The van der Waals surface area contributed by atoms with Gasteiger partial charge in [0.1, 0.15) is 22.6 Å². The highest BCUT2D eigenvalue weighted by Crippen LogP contribution is 2.32. The number of aliphatic hydroxyl groups excluding tert-OH is 1. The number of carbonyl (C=O) groups is 5. The van der Waals surface area contributed by atoms with Crippen LogP contribution in [0.1, 0.15) is 121 Å². The third-order valence-corrected chi connectivity index (χ3v) is 11.4. The number of anilines is 1. The Hall–Kier alpha value is -4.39. The van der Waals surface area contributed by atoms with Crippen LogP contribution >= 0.6 is 11.3 Å². The number of aromatic nitrogens is 1. The lowest BCUT2D eigenvalue weighted by Gasteiger charge is -2.39. The Morgan fingerprint density at radius 2 is 1.75 bits per heavy atom. The van der Waals surface area contributed by atoms with E-state index in [-0.39, 0.29) is 93.0 Å². The zero-order chi connectivity index (χ0) is 45.5. The Balaban J connectivity index is 2.50. The molecule has 4 amide bonds. The van der Waals surface area contributed by atoms with Gasteiger partial charge in [0, 0.05) is 37.0 Å². The number of thiazole rings is 1. The number of hydrogen-bond donors (Lipinski definition) is 6. The first-order valence-electron chi connectivity index (χ1n) is 21.2. The van der Waals surface area contributed by atoms with Gasteiger partial charge in [-0.05, 0) is 62.6 Å². The van der Waals surface area contributed by atoms with Gasteiger partial charge in [-0.25, -0.2) is 14.2 Å². The van der Waals surface area contributed by atoms with E-state index in [4.69, 9.17) is 25.1 Å². The molecule has 1 aromatic carbocycles. The van der Waals surface area contributed by atoms with Gasteiger partial charge in [0.25, 0.3) is 5.91 Å². The molecule has 0 spiro atoms. The van der Waals surface area contributed by atoms with Crippen molar-refractivity contribution < 1.29 is 52.8 Å². The molecule has 2 rings (SSSR count). The first kappa shape index (κ1) is 52.7. The summed E-state index contributed by atoms with van der Waals surface area (Å²) in [5, 5.41) is 28.9. The molecule has 1 aromatic heterocycles. The van der Waals surface area contributed by atoms with Crippen molar-refractivity contribution in [1.82, 2.24) is 25.8 Å². The number of amides is 4. The van der Waals surface area contributed by atoms with Crippen molar-refractivity contribution in [2.24, 2.45) is 17.3 Å². The van der Waals surface area contributed by atoms with Crippen molar-refractivity contribution in [1.29, 1.82) is 0 Å². The second-order valence-electron chi connectivity index (χ2n) is 16.3. The Kier molecular flexibility index (Phi) is 23.8. The highest BCUT2D eigenvalue weighted by Gasteiger charge is 2.37. The molecule has 0 saturated carbocycles. The van der Waals surface area contributed by atoms with Gasteiger partial charge in [-0.3, -0.25) is 19.2 Å². The van der Waals surface area contributed by atoms with Gasteiger partial charge in [-0.15, -0.1) is 11.3 Å². The lowest BCUT2D eigenvalue weighted by molar-refractivity contribution is -0.147. The van der Waals surface area contributed by atoms with Crippen LogP contribution in [0.25, 0.3) is 0 Å². The lowest BCUT2D eigenvalue weighted by atomic mass is 9.84. The summed E-state index contributed by atoms with van der Waals surface area (Å²) < 4.78 is 31.1. The summed E-state index contributed by atoms with van der Waals surface area (Å²) >= 11 is 1.09. The summed E-state index contributed by atoms with van der Waals surface area (Å²) in [4.78, 5) is 71.8. The van der Waals surface area contributed by atoms with Crippen molar-refractivity contribution >= 4 is 47.3 Å². The first-order chi connectivity index (χ1) is 29.0. The third kappa shape index (κ3) is 18.2. The van der Waals surface area contributed by atoms with Crippen LogP contribution in [0.2, 0.25) is 0 Å². The SMILES string of the molecule is CCCCCCN(C(=O)[C@@H](NC=O)[C@@H](C)CC)[C@H](C[C@@H](OC(=O)NCCOCCOCCO)c1nc(C(=O)N[C@@H](Cc2ccc(N)c(F)c2)CC(C)(C)C(=O)O)cs1)C(C)C. The predicted octanol–water partition coefficient (Wildman–Crippen LogP) is 5.48. The Bertz CT molecular complexity index is 1660. The number of aliphatic hydroxyl groups is 1. The van der Waals surface area contributed by atoms with Gasteiger partial charge < -0.3 is 51.0 Å². The van der Waals surface area contributed by atoms with E-state index in [9.17, 15) is 33.5 Å². The summed E-state index contributed by atoms with van der Waals surface area (Å²) in [6.45, 7) is 14.2. The first-order valence-corrected chi connectivity index (χ1v) is 22.1. The normalized spacial score (nSPS) is 14.1. The molecule has 18 heteroatoms. The van der Waals surface area contributed by atoms with Gasteiger partial charge in [-0.2, -0.15) is 0 Å². The molecule has 0 aliphatic rings. The number of carbonyl (C=O) groups excluding carboxylic acids is 4. The summed E-state index contributed by atoms with van der Waals surface area (Å²) in [6, 6.07) is 2.26. The van der Waals surface area contributed by atoms with E-state index in [1.165, 1.54) is 31.4 Å². The maximum absolute atomic E-state index is 14.4. The molecule has 0 unspecified atom stereocenters. The largest absolute Gasteiger partial charge is 0.481 e. The summed E-state index contributed by atoms with van der Waals surface area (Å²) in [5.41, 5.74) is 4.88. The summed E-state index contributed by atoms with van der Waals surface area (Å²) in [5.74, 6) is -2.86. The van der Waals surface area contributed by atoms with Gasteiger partial charge in [0.15, 0.2) is 6.10 Å². The zero-order valence-corrected chi connectivity index (χ0v) is 37.7. The number of nitrogens with two attached hydrogens (primary N) is 1. The Morgan fingerprint density at radius 3 is 2.36 bits per heavy atom. The number of hydrogen-bond acceptors (Lipinski definition) is 12. The average molecular weight is 881 g/mol. The van der Waals surface area contributed by atoms with Crippen LogP contribution in [0, 0.1) is 23.1 Å². The molecule has 0 bridgehead atoms. The van der Waals surface area contributed by atoms with E-state index in [2.05, 4.69) is 27.9 Å². The molecule has 2 aromatic rings. The van der Waals surface area contributed by atoms with Crippen LogP contribution < -0.4 is 21.7 Å². The van der Waals surface area contributed by atoms with Crippen LogP contribution in [0.4, 0.5) is 14.9 Å². The number of carboxylic acid groups (broad SMARTS) is 1. The Labute approximate surface area is 363 Å². The van der Waals surface area contributed by atoms with Crippen molar-refractivity contribution in [3.8, 4) is 0 Å². The molecule has 61 heavy (non-hydrogen) atoms. The molecule has 5 atom stereocenters. The van der Waals surface area contributed by atoms with Crippen LogP contribution in [0.3, 0.4) is 0 Å². The fourth-order valence-corrected chi connectivity index (χ4v) is 7.57. The minimum atomic E-state index is -1.25. The summed E-state index contributed by atoms with van der Waals surface area (Å²) in [6.07, 6.45) is 3.21. The van der Waals surface area contributed by atoms with Crippen LogP contribution in [0.15, 0.2) is 23.6 Å². The van der Waals surface area contributed by atoms with Crippen molar-refractivity contribution in [3.63, 3.8) is 0 Å². The number of nitrogen functional groups attached to an aromatic ring is 1. The number of nitrogens with one attached hydrogen (secondary N) is 3. The van der Waals surface area contributed by atoms with Gasteiger partial charge >= 0.3 is 12.1 Å². The van der Waals surface area contributed by atoms with E-state index in [0.717, 1.165) is 37.0 Å². The monoisotopic (exact) mass is 880 g/mol. The van der Waals surface area contributed by atoms with Crippen molar-refractivity contribution in [2.45, 2.75) is 124 Å². The average Bonchev–Trinajstić information content (AvgIpc) is 3.71. The van der Waals surface area contributed by atoms with Gasteiger partial charge in [0.2, 0.25) is 12.3 Å². The molecule has 16 nitrogen and oxygen atoms in total. The fraction of sp³-hybridized carbons (Fsp3) is 0.674. The zero-order valence-electron chi connectivity index (χ0n) is 36.9. The van der Waals surface area contributed by atoms with E-state index in [1.54, 1.807) is 11.0 Å². The van der Waals surface area contributed by atoms with E-state index < -0.39 is 53.4 Å². The number of nitrogens with zero attached hydrogens (tertiary/aromatic N) is 2.